The van der Waals surface area contributed by atoms with Gasteiger partial charge in [0.2, 0.25) is 11.8 Å². The Balaban J connectivity index is 2.21. The summed E-state index contributed by atoms with van der Waals surface area (Å²) < 4.78 is 0. The monoisotopic (exact) mass is 250 g/mol. The number of nitrogens with zero attached hydrogens (tertiary/aromatic N) is 1. The molecule has 0 saturated carbocycles. The van der Waals surface area contributed by atoms with E-state index in [0.717, 1.165) is 19.3 Å². The third kappa shape index (κ3) is 2.42. The molecule has 2 aliphatic rings. The molecule has 4 heteroatoms. The summed E-state index contributed by atoms with van der Waals surface area (Å²) in [5, 5.41) is 2.88. The van der Waals surface area contributed by atoms with Gasteiger partial charge in [-0.1, -0.05) is 19.1 Å². The molecule has 2 rings (SSSR count). The maximum atomic E-state index is 12.6. The van der Waals surface area contributed by atoms with Gasteiger partial charge < -0.3 is 10.2 Å². The summed E-state index contributed by atoms with van der Waals surface area (Å²) in [7, 11) is 0. The fourth-order valence-electron chi connectivity index (χ4n) is 2.71. The molecule has 1 N–H and O–H groups in total. The van der Waals surface area contributed by atoms with Crippen molar-refractivity contribution >= 4 is 11.8 Å². The molecule has 0 radical (unpaired) electrons. The Morgan fingerprint density at radius 3 is 2.83 bits per heavy atom. The van der Waals surface area contributed by atoms with Crippen LogP contribution in [0.4, 0.5) is 0 Å². The van der Waals surface area contributed by atoms with Crippen LogP contribution in [-0.2, 0) is 9.59 Å². The average Bonchev–Trinajstić information content (AvgIpc) is 2.50. The van der Waals surface area contributed by atoms with Crippen molar-refractivity contribution in [2.45, 2.75) is 57.5 Å². The molecule has 0 bridgehead atoms. The topological polar surface area (TPSA) is 49.4 Å². The highest BCUT2D eigenvalue weighted by atomic mass is 16.2. The first-order valence-corrected chi connectivity index (χ1v) is 6.84. The summed E-state index contributed by atoms with van der Waals surface area (Å²) in [6.07, 6.45) is 8.32. The number of carbonyl (C=O) groups excluding carboxylic acids is 2. The van der Waals surface area contributed by atoms with Crippen molar-refractivity contribution in [2.24, 2.45) is 0 Å². The smallest absolute Gasteiger partial charge is 0.248 e. The molecular weight excluding hydrogens is 228 g/mol. The molecule has 1 aliphatic carbocycles. The third-order valence-corrected chi connectivity index (χ3v) is 4.12. The summed E-state index contributed by atoms with van der Waals surface area (Å²) >= 11 is 0. The maximum absolute atomic E-state index is 12.6. The molecule has 0 spiro atoms. The Morgan fingerprint density at radius 2 is 2.22 bits per heavy atom. The lowest BCUT2D eigenvalue weighted by Gasteiger charge is -2.36. The van der Waals surface area contributed by atoms with Gasteiger partial charge >= 0.3 is 0 Å². The van der Waals surface area contributed by atoms with E-state index >= 15 is 0 Å². The van der Waals surface area contributed by atoms with Crippen LogP contribution in [0.3, 0.4) is 0 Å². The molecule has 2 amide bonds. The first kappa shape index (κ1) is 13.1. The van der Waals surface area contributed by atoms with Crippen molar-refractivity contribution in [3.05, 3.63) is 12.2 Å². The Hall–Kier alpha value is -1.32. The predicted molar refractivity (Wildman–Crippen MR) is 69.9 cm³/mol. The summed E-state index contributed by atoms with van der Waals surface area (Å²) in [6.45, 7) is 4.34. The first-order chi connectivity index (χ1) is 8.57. The zero-order valence-corrected chi connectivity index (χ0v) is 11.2. The van der Waals surface area contributed by atoms with E-state index in [1.807, 2.05) is 18.7 Å². The van der Waals surface area contributed by atoms with Crippen LogP contribution >= 0.6 is 0 Å². The van der Waals surface area contributed by atoms with Crippen molar-refractivity contribution in [3.63, 3.8) is 0 Å². The average molecular weight is 250 g/mol. The van der Waals surface area contributed by atoms with Gasteiger partial charge in [0.05, 0.1) is 0 Å². The van der Waals surface area contributed by atoms with Crippen LogP contribution in [0, 0.1) is 0 Å². The number of carbonyl (C=O) groups is 2. The highest BCUT2D eigenvalue weighted by Gasteiger charge is 2.41. The van der Waals surface area contributed by atoms with Crippen LogP contribution in [0.25, 0.3) is 0 Å². The fourth-order valence-corrected chi connectivity index (χ4v) is 2.71. The Morgan fingerprint density at radius 1 is 1.44 bits per heavy atom. The van der Waals surface area contributed by atoms with Crippen molar-refractivity contribution < 1.29 is 9.59 Å². The van der Waals surface area contributed by atoms with Gasteiger partial charge in [-0.15, -0.1) is 0 Å². The highest BCUT2D eigenvalue weighted by molar-refractivity contribution is 5.93. The number of allylic oxidation sites excluding steroid dienone is 1. The lowest BCUT2D eigenvalue weighted by atomic mass is 9.94. The van der Waals surface area contributed by atoms with E-state index in [-0.39, 0.29) is 17.9 Å². The van der Waals surface area contributed by atoms with Crippen molar-refractivity contribution in [1.29, 1.82) is 0 Å². The molecule has 2 atom stereocenters. The van der Waals surface area contributed by atoms with Gasteiger partial charge in [0.15, 0.2) is 0 Å². The van der Waals surface area contributed by atoms with Crippen LogP contribution in [0.1, 0.15) is 46.0 Å². The molecule has 18 heavy (non-hydrogen) atoms. The second-order valence-corrected chi connectivity index (χ2v) is 5.42. The molecule has 1 saturated heterocycles. The highest BCUT2D eigenvalue weighted by Crippen LogP contribution is 2.24. The number of rotatable bonds is 2. The molecule has 2 unspecified atom stereocenters. The summed E-state index contributed by atoms with van der Waals surface area (Å²) in [6, 6.07) is 0.265. The van der Waals surface area contributed by atoms with Crippen molar-refractivity contribution in [2.75, 3.05) is 6.54 Å². The molecule has 0 aromatic heterocycles. The Labute approximate surface area is 108 Å². The lowest BCUT2D eigenvalue weighted by molar-refractivity contribution is -0.140. The van der Waals surface area contributed by atoms with Gasteiger partial charge in [-0.2, -0.15) is 0 Å². The van der Waals surface area contributed by atoms with E-state index in [1.165, 1.54) is 0 Å². The first-order valence-electron chi connectivity index (χ1n) is 6.84. The molecule has 1 heterocycles. The lowest BCUT2D eigenvalue weighted by Crippen LogP contribution is -2.56. The van der Waals surface area contributed by atoms with E-state index in [9.17, 15) is 9.59 Å². The summed E-state index contributed by atoms with van der Waals surface area (Å²) in [4.78, 5) is 26.3. The van der Waals surface area contributed by atoms with Crippen LogP contribution in [0.2, 0.25) is 0 Å². The third-order valence-electron chi connectivity index (χ3n) is 4.12. The van der Waals surface area contributed by atoms with Crippen LogP contribution in [-0.4, -0.2) is 34.8 Å². The predicted octanol–water partition coefficient (Wildman–Crippen LogP) is 1.61. The van der Waals surface area contributed by atoms with Gasteiger partial charge in [0.1, 0.15) is 5.54 Å². The molecule has 4 nitrogen and oxygen atoms in total. The van der Waals surface area contributed by atoms with E-state index < -0.39 is 5.54 Å². The second-order valence-electron chi connectivity index (χ2n) is 5.42. The van der Waals surface area contributed by atoms with Crippen molar-refractivity contribution in [3.8, 4) is 0 Å². The van der Waals surface area contributed by atoms with E-state index in [2.05, 4.69) is 17.5 Å². The van der Waals surface area contributed by atoms with Crippen LogP contribution < -0.4 is 5.32 Å². The number of nitrogens with one attached hydrogen (secondary N) is 1. The van der Waals surface area contributed by atoms with Crippen LogP contribution in [0.5, 0.6) is 0 Å². The fraction of sp³-hybridized carbons (Fsp3) is 0.714. The normalized spacial score (nSPS) is 33.2. The van der Waals surface area contributed by atoms with Gasteiger partial charge in [-0.25, -0.2) is 0 Å². The van der Waals surface area contributed by atoms with E-state index in [1.54, 1.807) is 0 Å². The minimum atomic E-state index is -0.727. The van der Waals surface area contributed by atoms with Crippen LogP contribution in [0.15, 0.2) is 12.2 Å². The Kier molecular flexibility index (Phi) is 3.73. The molecule has 100 valence electrons. The minimum Gasteiger partial charge on any atom is -0.342 e. The molecule has 0 aromatic rings. The molecular formula is C14H22N2O2. The van der Waals surface area contributed by atoms with Crippen molar-refractivity contribution in [1.82, 2.24) is 10.2 Å². The largest absolute Gasteiger partial charge is 0.342 e. The summed E-state index contributed by atoms with van der Waals surface area (Å²) in [5.74, 6) is 0.0673. The number of amides is 2. The summed E-state index contributed by atoms with van der Waals surface area (Å²) in [5.41, 5.74) is -0.727. The number of hydrogen-bond acceptors (Lipinski definition) is 2. The SMILES string of the molecule is CCC1(C)NC(=O)CCN(C2CC=CCC2)C1=O. The van der Waals surface area contributed by atoms with Gasteiger partial charge in [0.25, 0.3) is 0 Å². The minimum absolute atomic E-state index is 0.0125. The zero-order chi connectivity index (χ0) is 13.2. The van der Waals surface area contributed by atoms with E-state index in [0.29, 0.717) is 19.4 Å². The maximum Gasteiger partial charge on any atom is 0.248 e. The van der Waals surface area contributed by atoms with Gasteiger partial charge in [-0.05, 0) is 32.6 Å². The standard InChI is InChI=1S/C14H22N2O2/c1-3-14(2)13(18)16(10-9-12(17)15-14)11-7-5-4-6-8-11/h4-5,11H,3,6-10H2,1-2H3,(H,15,17). The van der Waals surface area contributed by atoms with E-state index in [4.69, 9.17) is 0 Å². The quantitative estimate of drug-likeness (QED) is 0.757. The molecule has 0 aromatic carbocycles. The molecule has 1 aliphatic heterocycles. The number of hydrogen-bond donors (Lipinski definition) is 1. The zero-order valence-electron chi connectivity index (χ0n) is 11.2. The second kappa shape index (κ2) is 5.12. The van der Waals surface area contributed by atoms with Gasteiger partial charge in [0, 0.05) is 19.0 Å². The molecule has 1 fully saturated rings. The van der Waals surface area contributed by atoms with Gasteiger partial charge in [-0.3, -0.25) is 9.59 Å². The Bertz CT molecular complexity index is 378.